The second-order valence-electron chi connectivity index (χ2n) is 8.32. The molecule has 166 valence electrons. The molecule has 1 aromatic carbocycles. The quantitative estimate of drug-likeness (QED) is 0.203. The zero-order valence-electron chi connectivity index (χ0n) is 18.8. The number of nitrogens with zero attached hydrogens (tertiary/aromatic N) is 2. The summed E-state index contributed by atoms with van der Waals surface area (Å²) in [6.07, 6.45) is 2.51. The molecule has 1 saturated heterocycles. The minimum atomic E-state index is 0. The third-order valence-electron chi connectivity index (χ3n) is 4.92. The summed E-state index contributed by atoms with van der Waals surface area (Å²) in [6, 6.07) is 8.57. The molecule has 0 bridgehead atoms. The molecule has 1 atom stereocenters. The fraction of sp³-hybridized carbons (Fsp3) is 0.682. The Kier molecular flexibility index (Phi) is 11.9. The molecule has 6 nitrogen and oxygen atoms in total. The van der Waals surface area contributed by atoms with Gasteiger partial charge in [-0.15, -0.1) is 24.0 Å². The number of aliphatic imine (C=N–C) groups is 1. The van der Waals surface area contributed by atoms with Crippen molar-refractivity contribution in [1.82, 2.24) is 20.9 Å². The highest BCUT2D eigenvalue weighted by atomic mass is 127. The van der Waals surface area contributed by atoms with Crippen LogP contribution in [0.1, 0.15) is 52.1 Å². The summed E-state index contributed by atoms with van der Waals surface area (Å²) in [4.78, 5) is 7.45. The fourth-order valence-corrected chi connectivity index (χ4v) is 3.54. The predicted octanol–water partition coefficient (Wildman–Crippen LogP) is 3.39. The van der Waals surface area contributed by atoms with Crippen LogP contribution in [0.25, 0.3) is 0 Å². The minimum absolute atomic E-state index is 0. The third kappa shape index (κ3) is 9.09. The number of hydrogen-bond acceptors (Lipinski definition) is 4. The van der Waals surface area contributed by atoms with Gasteiger partial charge in [0.2, 0.25) is 0 Å². The Bertz CT molecular complexity index is 611. The van der Waals surface area contributed by atoms with Gasteiger partial charge in [0.15, 0.2) is 5.96 Å². The van der Waals surface area contributed by atoms with E-state index in [1.54, 1.807) is 7.11 Å². The molecular formula is C22H40IN5O. The number of benzene rings is 1. The lowest BCUT2D eigenvalue weighted by Crippen LogP contribution is -2.44. The van der Waals surface area contributed by atoms with Gasteiger partial charge in [0.1, 0.15) is 5.75 Å². The number of guanidine groups is 1. The molecule has 0 radical (unpaired) electrons. The summed E-state index contributed by atoms with van der Waals surface area (Å²) in [7, 11) is 1.75. The number of ether oxygens (including phenoxy) is 1. The lowest BCUT2D eigenvalue weighted by molar-refractivity contribution is 0.245. The molecule has 3 N–H and O–H groups in total. The molecule has 1 heterocycles. The predicted molar refractivity (Wildman–Crippen MR) is 134 cm³/mol. The summed E-state index contributed by atoms with van der Waals surface area (Å²) in [5.74, 6) is 1.82. The van der Waals surface area contributed by atoms with Gasteiger partial charge in [-0.05, 0) is 59.7 Å². The zero-order chi connectivity index (χ0) is 20.4. The van der Waals surface area contributed by atoms with Crippen molar-refractivity contribution >= 4 is 29.9 Å². The highest BCUT2D eigenvalue weighted by Crippen LogP contribution is 2.31. The smallest absolute Gasteiger partial charge is 0.191 e. The van der Waals surface area contributed by atoms with E-state index in [1.807, 2.05) is 12.1 Å². The molecule has 1 aliphatic heterocycles. The van der Waals surface area contributed by atoms with Crippen LogP contribution in [0.5, 0.6) is 5.75 Å². The van der Waals surface area contributed by atoms with E-state index in [9.17, 15) is 0 Å². The topological polar surface area (TPSA) is 60.9 Å². The van der Waals surface area contributed by atoms with Gasteiger partial charge in [-0.3, -0.25) is 9.89 Å². The van der Waals surface area contributed by atoms with Gasteiger partial charge in [-0.25, -0.2) is 0 Å². The molecule has 29 heavy (non-hydrogen) atoms. The van der Waals surface area contributed by atoms with Crippen molar-refractivity contribution in [1.29, 1.82) is 0 Å². The molecule has 0 spiro atoms. The van der Waals surface area contributed by atoms with Crippen LogP contribution in [0.3, 0.4) is 0 Å². The fourth-order valence-electron chi connectivity index (χ4n) is 3.54. The molecule has 0 aliphatic carbocycles. The Balaban J connectivity index is 0.00000420. The first-order valence-corrected chi connectivity index (χ1v) is 10.6. The van der Waals surface area contributed by atoms with E-state index >= 15 is 0 Å². The monoisotopic (exact) mass is 517 g/mol. The van der Waals surface area contributed by atoms with E-state index in [0.717, 1.165) is 44.4 Å². The molecule has 1 unspecified atom stereocenters. The van der Waals surface area contributed by atoms with Crippen LogP contribution in [-0.4, -0.2) is 62.8 Å². The molecular weight excluding hydrogens is 477 g/mol. The average Bonchev–Trinajstić information content (AvgIpc) is 3.19. The molecule has 0 aromatic heterocycles. The van der Waals surface area contributed by atoms with Crippen LogP contribution in [0.15, 0.2) is 29.3 Å². The van der Waals surface area contributed by atoms with Crippen LogP contribution in [0, 0.1) is 0 Å². The molecule has 0 amide bonds. The second kappa shape index (κ2) is 13.3. The van der Waals surface area contributed by atoms with Gasteiger partial charge < -0.3 is 20.7 Å². The Morgan fingerprint density at radius 2 is 1.83 bits per heavy atom. The van der Waals surface area contributed by atoms with Crippen molar-refractivity contribution in [2.75, 3.05) is 46.4 Å². The van der Waals surface area contributed by atoms with Gasteiger partial charge >= 0.3 is 0 Å². The Morgan fingerprint density at radius 3 is 2.45 bits per heavy atom. The van der Waals surface area contributed by atoms with E-state index in [-0.39, 0.29) is 35.6 Å². The average molecular weight is 518 g/mol. The van der Waals surface area contributed by atoms with Crippen molar-refractivity contribution in [2.24, 2.45) is 4.99 Å². The van der Waals surface area contributed by atoms with Crippen LogP contribution in [0.2, 0.25) is 0 Å². The van der Waals surface area contributed by atoms with Crippen molar-refractivity contribution in [3.8, 4) is 5.75 Å². The molecule has 1 aromatic rings. The van der Waals surface area contributed by atoms with Crippen LogP contribution in [0.4, 0.5) is 0 Å². The lowest BCUT2D eigenvalue weighted by Gasteiger charge is -2.28. The summed E-state index contributed by atoms with van der Waals surface area (Å²) in [5, 5.41) is 10.3. The highest BCUT2D eigenvalue weighted by Gasteiger charge is 2.25. The van der Waals surface area contributed by atoms with E-state index in [0.29, 0.717) is 6.54 Å². The van der Waals surface area contributed by atoms with Crippen LogP contribution >= 0.6 is 24.0 Å². The van der Waals surface area contributed by atoms with Gasteiger partial charge in [-0.1, -0.05) is 18.2 Å². The SMILES string of the molecule is CCNC(=NCC(c1ccccc1OC)N1CCCC1)NCCNC(C)(C)C.I. The second-order valence-corrected chi connectivity index (χ2v) is 8.32. The molecule has 1 aliphatic rings. The van der Waals surface area contributed by atoms with Crippen LogP contribution < -0.4 is 20.7 Å². The number of hydrogen-bond donors (Lipinski definition) is 3. The van der Waals surface area contributed by atoms with Crippen molar-refractivity contribution in [3.05, 3.63) is 29.8 Å². The number of likely N-dealkylation sites (tertiary alicyclic amines) is 1. The number of methoxy groups -OCH3 is 1. The molecule has 0 saturated carbocycles. The van der Waals surface area contributed by atoms with Gasteiger partial charge in [0, 0.05) is 30.7 Å². The molecule has 7 heteroatoms. The van der Waals surface area contributed by atoms with E-state index < -0.39 is 0 Å². The van der Waals surface area contributed by atoms with E-state index in [4.69, 9.17) is 9.73 Å². The van der Waals surface area contributed by atoms with Gasteiger partial charge in [-0.2, -0.15) is 0 Å². The summed E-state index contributed by atoms with van der Waals surface area (Å²) >= 11 is 0. The maximum atomic E-state index is 5.64. The van der Waals surface area contributed by atoms with E-state index in [2.05, 4.69) is 60.7 Å². The minimum Gasteiger partial charge on any atom is -0.496 e. The highest BCUT2D eigenvalue weighted by molar-refractivity contribution is 14.0. The van der Waals surface area contributed by atoms with Gasteiger partial charge in [0.05, 0.1) is 19.7 Å². The van der Waals surface area contributed by atoms with Crippen LogP contribution in [-0.2, 0) is 0 Å². The molecule has 2 rings (SSSR count). The number of nitrogens with one attached hydrogen (secondary N) is 3. The summed E-state index contributed by atoms with van der Waals surface area (Å²) < 4.78 is 5.64. The number of halogens is 1. The number of rotatable bonds is 9. The third-order valence-corrected chi connectivity index (χ3v) is 4.92. The number of para-hydroxylation sites is 1. The largest absolute Gasteiger partial charge is 0.496 e. The molecule has 1 fully saturated rings. The zero-order valence-corrected chi connectivity index (χ0v) is 21.1. The normalized spacial score (nSPS) is 16.2. The Hall–Kier alpha value is -1.06. The maximum absolute atomic E-state index is 5.64. The Labute approximate surface area is 194 Å². The summed E-state index contributed by atoms with van der Waals surface area (Å²) in [5.41, 5.74) is 1.35. The van der Waals surface area contributed by atoms with Crippen molar-refractivity contribution < 1.29 is 4.74 Å². The van der Waals surface area contributed by atoms with Gasteiger partial charge in [0.25, 0.3) is 0 Å². The Morgan fingerprint density at radius 1 is 1.14 bits per heavy atom. The first-order valence-electron chi connectivity index (χ1n) is 10.6. The summed E-state index contributed by atoms with van der Waals surface area (Å²) in [6.45, 7) is 14.2. The van der Waals surface area contributed by atoms with Crippen molar-refractivity contribution in [3.63, 3.8) is 0 Å². The first kappa shape index (κ1) is 26.0. The van der Waals surface area contributed by atoms with E-state index in [1.165, 1.54) is 18.4 Å². The maximum Gasteiger partial charge on any atom is 0.191 e. The standard InChI is InChI=1S/C22H39N5O.HI/c1-6-23-21(24-13-14-26-22(2,3)4)25-17-19(27-15-9-10-16-27)18-11-7-8-12-20(18)28-5;/h7-8,11-12,19,26H,6,9-10,13-17H2,1-5H3,(H2,23,24,25);1H. The first-order chi connectivity index (χ1) is 13.4. The lowest BCUT2D eigenvalue weighted by atomic mass is 10.0. The van der Waals surface area contributed by atoms with Crippen molar-refractivity contribution in [2.45, 2.75) is 52.1 Å².